The van der Waals surface area contributed by atoms with Crippen LogP contribution in [-0.2, 0) is 9.47 Å². The Morgan fingerprint density at radius 3 is 2.23 bits per heavy atom. The number of hydrogen-bond donors (Lipinski definition) is 1. The molecule has 6 nitrogen and oxygen atoms in total. The molecule has 0 aliphatic rings. The van der Waals surface area contributed by atoms with Crippen molar-refractivity contribution < 1.29 is 23.9 Å². The van der Waals surface area contributed by atoms with Crippen LogP contribution in [0.25, 0.3) is 10.9 Å². The Morgan fingerprint density at radius 2 is 1.54 bits per heavy atom. The number of benzene rings is 2. The molecule has 0 unspecified atom stereocenters. The molecule has 0 fully saturated rings. The molecule has 132 valence electrons. The molecule has 0 radical (unpaired) electrons. The molecule has 0 saturated heterocycles. The lowest BCUT2D eigenvalue weighted by Crippen LogP contribution is -2.17. The fraction of sp³-hybridized carbons (Fsp3) is 0.150. The Bertz CT molecular complexity index is 1000. The number of fused-ring (bicyclic) bond motifs is 1. The molecule has 2 aromatic carbocycles. The number of ether oxygens (including phenoxy) is 2. The second kappa shape index (κ2) is 7.23. The van der Waals surface area contributed by atoms with Gasteiger partial charge in [0.25, 0.3) is 0 Å². The van der Waals surface area contributed by atoms with Crippen molar-refractivity contribution in [3.8, 4) is 0 Å². The quantitative estimate of drug-likeness (QED) is 0.563. The maximum absolute atomic E-state index is 12.6. The van der Waals surface area contributed by atoms with Gasteiger partial charge in [0.15, 0.2) is 6.61 Å². The van der Waals surface area contributed by atoms with E-state index in [4.69, 9.17) is 4.74 Å². The van der Waals surface area contributed by atoms with Gasteiger partial charge >= 0.3 is 11.9 Å². The summed E-state index contributed by atoms with van der Waals surface area (Å²) in [5.41, 5.74) is 2.20. The highest BCUT2D eigenvalue weighted by atomic mass is 16.5. The van der Waals surface area contributed by atoms with Crippen LogP contribution in [0.4, 0.5) is 0 Å². The van der Waals surface area contributed by atoms with Gasteiger partial charge in [0.2, 0.25) is 5.78 Å². The zero-order chi connectivity index (χ0) is 18.7. The number of aromatic nitrogens is 1. The lowest BCUT2D eigenvalue weighted by atomic mass is 10.1. The molecule has 1 N–H and O–H groups in total. The average molecular weight is 351 g/mol. The predicted octanol–water partition coefficient (Wildman–Crippen LogP) is 3.30. The summed E-state index contributed by atoms with van der Waals surface area (Å²) >= 11 is 0. The first kappa shape index (κ1) is 17.4. The first-order valence-corrected chi connectivity index (χ1v) is 7.98. The Kier molecular flexibility index (Phi) is 4.84. The van der Waals surface area contributed by atoms with Crippen molar-refractivity contribution in [3.05, 3.63) is 70.9 Å². The first-order valence-electron chi connectivity index (χ1n) is 7.98. The van der Waals surface area contributed by atoms with Crippen LogP contribution in [0.15, 0.2) is 48.5 Å². The summed E-state index contributed by atoms with van der Waals surface area (Å²) in [6.07, 6.45) is 0. The fourth-order valence-corrected chi connectivity index (χ4v) is 2.87. The van der Waals surface area contributed by atoms with E-state index >= 15 is 0 Å². The van der Waals surface area contributed by atoms with Crippen molar-refractivity contribution >= 4 is 28.6 Å². The van der Waals surface area contributed by atoms with Gasteiger partial charge in [-0.05, 0) is 25.1 Å². The topological polar surface area (TPSA) is 85.5 Å². The van der Waals surface area contributed by atoms with E-state index in [1.165, 1.54) is 19.2 Å². The zero-order valence-corrected chi connectivity index (χ0v) is 14.4. The Hall–Kier alpha value is -3.41. The van der Waals surface area contributed by atoms with Crippen LogP contribution in [0.3, 0.4) is 0 Å². The number of ketones is 1. The Labute approximate surface area is 149 Å². The number of para-hydroxylation sites is 1. The molecule has 0 spiro atoms. The van der Waals surface area contributed by atoms with Gasteiger partial charge in [0, 0.05) is 22.2 Å². The molecule has 3 aromatic rings. The maximum atomic E-state index is 12.6. The molecule has 0 bridgehead atoms. The number of carbonyl (C=O) groups excluding carboxylic acids is 3. The molecule has 1 aromatic heterocycles. The monoisotopic (exact) mass is 351 g/mol. The van der Waals surface area contributed by atoms with E-state index in [-0.39, 0.29) is 16.9 Å². The number of methoxy groups -OCH3 is 1. The molecule has 0 amide bonds. The third-order valence-electron chi connectivity index (χ3n) is 4.06. The van der Waals surface area contributed by atoms with E-state index in [0.29, 0.717) is 11.3 Å². The minimum Gasteiger partial charge on any atom is -0.465 e. The van der Waals surface area contributed by atoms with Crippen LogP contribution in [0.1, 0.15) is 36.8 Å². The van der Waals surface area contributed by atoms with E-state index in [1.54, 1.807) is 19.1 Å². The smallest absolute Gasteiger partial charge is 0.339 e. The predicted molar refractivity (Wildman–Crippen MR) is 95.4 cm³/mol. The fourth-order valence-electron chi connectivity index (χ4n) is 2.87. The third kappa shape index (κ3) is 3.21. The van der Waals surface area contributed by atoms with E-state index in [0.717, 1.165) is 10.9 Å². The highest BCUT2D eigenvalue weighted by molar-refractivity contribution is 6.11. The van der Waals surface area contributed by atoms with Crippen molar-refractivity contribution in [2.75, 3.05) is 13.7 Å². The van der Waals surface area contributed by atoms with Crippen LogP contribution in [0.5, 0.6) is 0 Å². The van der Waals surface area contributed by atoms with E-state index < -0.39 is 18.5 Å². The second-order valence-corrected chi connectivity index (χ2v) is 5.71. The van der Waals surface area contributed by atoms with Crippen molar-refractivity contribution in [3.63, 3.8) is 0 Å². The summed E-state index contributed by atoms with van der Waals surface area (Å²) in [6.45, 7) is 1.37. The number of aryl methyl sites for hydroxylation is 1. The molecular formula is C20H17NO5. The highest BCUT2D eigenvalue weighted by Crippen LogP contribution is 2.22. The number of hydrogen-bond acceptors (Lipinski definition) is 5. The lowest BCUT2D eigenvalue weighted by Gasteiger charge is -2.08. The zero-order valence-electron chi connectivity index (χ0n) is 14.4. The van der Waals surface area contributed by atoms with Crippen LogP contribution in [0, 0.1) is 6.92 Å². The number of rotatable bonds is 5. The van der Waals surface area contributed by atoms with Crippen LogP contribution >= 0.6 is 0 Å². The first-order chi connectivity index (χ1) is 12.5. The van der Waals surface area contributed by atoms with E-state index in [1.807, 2.05) is 24.3 Å². The van der Waals surface area contributed by atoms with E-state index in [2.05, 4.69) is 9.72 Å². The normalized spacial score (nSPS) is 10.5. The molecule has 26 heavy (non-hydrogen) atoms. The number of nitrogens with one attached hydrogen (secondary N) is 1. The molecule has 1 heterocycles. The summed E-state index contributed by atoms with van der Waals surface area (Å²) in [7, 11) is 1.23. The minimum absolute atomic E-state index is 0.0581. The average Bonchev–Trinajstić information content (AvgIpc) is 3.01. The summed E-state index contributed by atoms with van der Waals surface area (Å²) in [5, 5.41) is 0.779. The molecule has 0 atom stereocenters. The lowest BCUT2D eigenvalue weighted by molar-refractivity contribution is 0.0463. The number of esters is 2. The van der Waals surface area contributed by atoms with Crippen molar-refractivity contribution in [2.45, 2.75) is 6.92 Å². The standard InChI is InChI=1S/C20H17NO5/c1-12-18(15-9-5-6-10-16(15)21-12)17(22)11-26-20(24)14-8-4-3-7-13(14)19(23)25-2/h3-10,21H,11H2,1-2H3. The summed E-state index contributed by atoms with van der Waals surface area (Å²) < 4.78 is 9.80. The van der Waals surface area contributed by atoms with Gasteiger partial charge in [-0.15, -0.1) is 0 Å². The Balaban J connectivity index is 1.79. The van der Waals surface area contributed by atoms with Crippen LogP contribution < -0.4 is 0 Å². The van der Waals surface area contributed by atoms with Gasteiger partial charge in [0.1, 0.15) is 0 Å². The van der Waals surface area contributed by atoms with Crippen molar-refractivity contribution in [1.29, 1.82) is 0 Å². The largest absolute Gasteiger partial charge is 0.465 e. The summed E-state index contributed by atoms with van der Waals surface area (Å²) in [5.74, 6) is -1.71. The Morgan fingerprint density at radius 1 is 0.923 bits per heavy atom. The van der Waals surface area contributed by atoms with Crippen LogP contribution in [-0.4, -0.2) is 36.4 Å². The minimum atomic E-state index is -0.753. The molecule has 0 aliphatic carbocycles. The number of carbonyl (C=O) groups is 3. The summed E-state index contributed by atoms with van der Waals surface area (Å²) in [6, 6.07) is 13.6. The van der Waals surface area contributed by atoms with E-state index in [9.17, 15) is 14.4 Å². The van der Waals surface area contributed by atoms with Gasteiger partial charge in [-0.25, -0.2) is 9.59 Å². The van der Waals surface area contributed by atoms with Gasteiger partial charge in [-0.3, -0.25) is 4.79 Å². The number of Topliss-reactive ketones (excluding diaryl/α,β-unsaturated/α-hetero) is 1. The van der Waals surface area contributed by atoms with Gasteiger partial charge in [-0.2, -0.15) is 0 Å². The maximum Gasteiger partial charge on any atom is 0.339 e. The van der Waals surface area contributed by atoms with Gasteiger partial charge < -0.3 is 14.5 Å². The molecule has 0 saturated carbocycles. The molecule has 6 heteroatoms. The van der Waals surface area contributed by atoms with Crippen LogP contribution in [0.2, 0.25) is 0 Å². The highest BCUT2D eigenvalue weighted by Gasteiger charge is 2.21. The molecule has 3 rings (SSSR count). The third-order valence-corrected chi connectivity index (χ3v) is 4.06. The number of H-pyrrole nitrogens is 1. The summed E-state index contributed by atoms with van der Waals surface area (Å²) in [4.78, 5) is 39.8. The van der Waals surface area contributed by atoms with Gasteiger partial charge in [0.05, 0.1) is 18.2 Å². The van der Waals surface area contributed by atoms with Gasteiger partial charge in [-0.1, -0.05) is 30.3 Å². The SMILES string of the molecule is COC(=O)c1ccccc1C(=O)OCC(=O)c1c(C)[nH]c2ccccc12. The van der Waals surface area contributed by atoms with Crippen molar-refractivity contribution in [2.24, 2.45) is 0 Å². The molecule has 0 aliphatic heterocycles. The second-order valence-electron chi connectivity index (χ2n) is 5.71. The molecular weight excluding hydrogens is 334 g/mol. The van der Waals surface area contributed by atoms with Crippen molar-refractivity contribution in [1.82, 2.24) is 4.98 Å². The number of aromatic amines is 1.